The molecule has 6 nitrogen and oxygen atoms in total. The van der Waals surface area contributed by atoms with Gasteiger partial charge in [-0.25, -0.2) is 9.18 Å². The van der Waals surface area contributed by atoms with Gasteiger partial charge < -0.3 is 15.3 Å². The van der Waals surface area contributed by atoms with Crippen LogP contribution >= 0.6 is 0 Å². The summed E-state index contributed by atoms with van der Waals surface area (Å²) in [6.45, 7) is 2.18. The zero-order valence-electron chi connectivity index (χ0n) is 14.7. The Bertz CT molecular complexity index is 952. The summed E-state index contributed by atoms with van der Waals surface area (Å²) < 4.78 is 14.5. The Balaban J connectivity index is 1.83. The van der Waals surface area contributed by atoms with Crippen molar-refractivity contribution in [3.63, 3.8) is 0 Å². The second kappa shape index (κ2) is 7.46. The van der Waals surface area contributed by atoms with Gasteiger partial charge in [0, 0.05) is 25.6 Å². The lowest BCUT2D eigenvalue weighted by molar-refractivity contribution is -0.116. The van der Waals surface area contributed by atoms with Crippen molar-refractivity contribution in [3.8, 4) is 17.2 Å². The molecule has 0 aromatic heterocycles. The van der Waals surface area contributed by atoms with Crippen molar-refractivity contribution < 1.29 is 19.1 Å². The Kier molecular flexibility index (Phi) is 5.08. The van der Waals surface area contributed by atoms with Gasteiger partial charge in [0.05, 0.1) is 6.07 Å². The van der Waals surface area contributed by atoms with Gasteiger partial charge in [-0.1, -0.05) is 18.2 Å². The lowest BCUT2D eigenvalue weighted by Crippen LogP contribution is -2.34. The number of halogens is 1. The summed E-state index contributed by atoms with van der Waals surface area (Å²) in [5.41, 5.74) is 3.72. The topological polar surface area (TPSA) is 93.4 Å². The fourth-order valence-electron chi connectivity index (χ4n) is 3.30. The third kappa shape index (κ3) is 3.90. The van der Waals surface area contributed by atoms with E-state index < -0.39 is 18.0 Å². The largest absolute Gasteiger partial charge is 0.465 e. The molecule has 2 amide bonds. The number of nitrogens with one attached hydrogen (secondary N) is 1. The lowest BCUT2D eigenvalue weighted by atomic mass is 9.98. The number of hydrogen-bond acceptors (Lipinski definition) is 3. The monoisotopic (exact) mass is 367 g/mol. The zero-order valence-corrected chi connectivity index (χ0v) is 14.7. The smallest absolute Gasteiger partial charge is 0.405 e. The molecule has 0 bridgehead atoms. The predicted octanol–water partition coefficient (Wildman–Crippen LogP) is 3.10. The number of carboxylic acid groups (broad SMARTS) is 1. The van der Waals surface area contributed by atoms with Crippen LogP contribution in [0.1, 0.15) is 18.1 Å². The van der Waals surface area contributed by atoms with Gasteiger partial charge >= 0.3 is 6.09 Å². The second-order valence-electron chi connectivity index (χ2n) is 6.41. The van der Waals surface area contributed by atoms with Crippen LogP contribution in [-0.2, 0) is 17.6 Å². The van der Waals surface area contributed by atoms with E-state index in [0.29, 0.717) is 12.1 Å². The van der Waals surface area contributed by atoms with E-state index >= 15 is 0 Å². The van der Waals surface area contributed by atoms with E-state index in [-0.39, 0.29) is 17.9 Å². The minimum absolute atomic E-state index is 0.00100. The number of carbonyl (C=O) groups is 2. The van der Waals surface area contributed by atoms with Crippen molar-refractivity contribution in [3.05, 3.63) is 53.3 Å². The lowest BCUT2D eigenvalue weighted by Gasteiger charge is -2.15. The molecule has 1 atom stereocenters. The van der Waals surface area contributed by atoms with E-state index in [1.165, 1.54) is 13.0 Å². The van der Waals surface area contributed by atoms with E-state index in [2.05, 4.69) is 0 Å². The maximum atomic E-state index is 14.5. The van der Waals surface area contributed by atoms with Crippen LogP contribution < -0.4 is 10.2 Å². The molecule has 2 aromatic carbocycles. The summed E-state index contributed by atoms with van der Waals surface area (Å²) in [7, 11) is 0. The predicted molar refractivity (Wildman–Crippen MR) is 97.8 cm³/mol. The number of nitriles is 1. The van der Waals surface area contributed by atoms with Crippen molar-refractivity contribution in [2.24, 2.45) is 0 Å². The first kappa shape index (κ1) is 18.4. The molecule has 0 fully saturated rings. The van der Waals surface area contributed by atoms with Crippen LogP contribution in [0.5, 0.6) is 0 Å². The van der Waals surface area contributed by atoms with Gasteiger partial charge in [-0.15, -0.1) is 0 Å². The third-order valence-electron chi connectivity index (χ3n) is 4.62. The van der Waals surface area contributed by atoms with E-state index in [0.717, 1.165) is 23.2 Å². The summed E-state index contributed by atoms with van der Waals surface area (Å²) in [6.07, 6.45) is -0.614. The van der Waals surface area contributed by atoms with Crippen molar-refractivity contribution in [2.75, 3.05) is 11.4 Å². The highest BCUT2D eigenvalue weighted by molar-refractivity contribution is 5.94. The molecule has 2 N–H and O–H groups in total. The highest BCUT2D eigenvalue weighted by Gasteiger charge is 2.22. The Hall–Kier alpha value is -3.40. The number of rotatable bonds is 4. The summed E-state index contributed by atoms with van der Waals surface area (Å²) >= 11 is 0. The number of fused-ring (bicyclic) bond motifs is 1. The first-order valence-corrected chi connectivity index (χ1v) is 8.48. The van der Waals surface area contributed by atoms with Crippen molar-refractivity contribution in [1.82, 2.24) is 5.32 Å². The van der Waals surface area contributed by atoms with Gasteiger partial charge in [-0.2, -0.15) is 5.26 Å². The van der Waals surface area contributed by atoms with Gasteiger partial charge in [0.1, 0.15) is 11.9 Å². The van der Waals surface area contributed by atoms with Crippen LogP contribution in [-0.4, -0.2) is 29.7 Å². The molecule has 1 aliphatic heterocycles. The van der Waals surface area contributed by atoms with Gasteiger partial charge in [0.15, 0.2) is 0 Å². The average molecular weight is 367 g/mol. The molecule has 138 valence electrons. The summed E-state index contributed by atoms with van der Waals surface area (Å²) in [4.78, 5) is 24.0. The normalized spacial score (nSPS) is 13.6. The molecule has 1 heterocycles. The zero-order chi connectivity index (χ0) is 19.6. The molecule has 0 aliphatic carbocycles. The highest BCUT2D eigenvalue weighted by atomic mass is 19.1. The van der Waals surface area contributed by atoms with Crippen LogP contribution in [0.25, 0.3) is 11.1 Å². The molecular formula is C20H18FN3O3. The van der Waals surface area contributed by atoms with Crippen LogP contribution in [0.2, 0.25) is 0 Å². The molecule has 0 spiro atoms. The molecule has 0 saturated heterocycles. The summed E-state index contributed by atoms with van der Waals surface area (Å²) in [5.74, 6) is -0.496. The van der Waals surface area contributed by atoms with Crippen molar-refractivity contribution in [2.45, 2.75) is 25.8 Å². The minimum Gasteiger partial charge on any atom is -0.465 e. The molecule has 3 rings (SSSR count). The fraction of sp³-hybridized carbons (Fsp3) is 0.250. The summed E-state index contributed by atoms with van der Waals surface area (Å²) in [6, 6.07) is 11.1. The molecule has 27 heavy (non-hydrogen) atoms. The van der Waals surface area contributed by atoms with Gasteiger partial charge in [0.2, 0.25) is 5.91 Å². The van der Waals surface area contributed by atoms with Crippen LogP contribution in [0.15, 0.2) is 36.4 Å². The highest BCUT2D eigenvalue weighted by Crippen LogP contribution is 2.33. The minimum atomic E-state index is -1.32. The van der Waals surface area contributed by atoms with Crippen LogP contribution in [0, 0.1) is 17.1 Å². The number of hydrogen-bond donors (Lipinski definition) is 2. The van der Waals surface area contributed by atoms with Gasteiger partial charge in [0.25, 0.3) is 0 Å². The Morgan fingerprint density at radius 2 is 2.00 bits per heavy atom. The summed E-state index contributed by atoms with van der Waals surface area (Å²) in [5, 5.41) is 19.7. The van der Waals surface area contributed by atoms with Gasteiger partial charge in [-0.3, -0.25) is 4.79 Å². The number of anilines is 1. The number of carbonyl (C=O) groups excluding carboxylic acids is 1. The number of amides is 2. The maximum Gasteiger partial charge on any atom is 0.405 e. The Morgan fingerprint density at radius 1 is 1.30 bits per heavy atom. The maximum absolute atomic E-state index is 14.5. The molecule has 1 aliphatic rings. The standard InChI is InChI=1S/C20H18FN3O3/c1-12(25)24-7-6-16-8-13(4-5-19(16)24)14-2-3-15(18(21)10-14)9-17(11-22)23-20(26)27/h2-5,8,10,17,23H,6-7,9H2,1H3,(H,26,27)/t17-/m0/s1. The Labute approximate surface area is 155 Å². The third-order valence-corrected chi connectivity index (χ3v) is 4.62. The van der Waals surface area contributed by atoms with E-state index in [4.69, 9.17) is 10.4 Å². The number of nitrogens with zero attached hydrogens (tertiary/aromatic N) is 2. The van der Waals surface area contributed by atoms with E-state index in [1.54, 1.807) is 23.1 Å². The van der Waals surface area contributed by atoms with Crippen LogP contribution in [0.3, 0.4) is 0 Å². The SMILES string of the molecule is CC(=O)N1CCc2cc(-c3ccc(C[C@@H](C#N)NC(=O)O)c(F)c3)ccc21. The molecular weight excluding hydrogens is 349 g/mol. The molecule has 0 radical (unpaired) electrons. The van der Waals surface area contributed by atoms with E-state index in [9.17, 15) is 14.0 Å². The average Bonchev–Trinajstić information content (AvgIpc) is 3.05. The molecule has 0 unspecified atom stereocenters. The van der Waals surface area contributed by atoms with Crippen LogP contribution in [0.4, 0.5) is 14.9 Å². The molecule has 7 heteroatoms. The van der Waals surface area contributed by atoms with Gasteiger partial charge in [-0.05, 0) is 46.9 Å². The van der Waals surface area contributed by atoms with Crippen molar-refractivity contribution in [1.29, 1.82) is 5.26 Å². The first-order valence-electron chi connectivity index (χ1n) is 8.48. The first-order chi connectivity index (χ1) is 12.9. The fourth-order valence-corrected chi connectivity index (χ4v) is 3.30. The Morgan fingerprint density at radius 3 is 2.63 bits per heavy atom. The quantitative estimate of drug-likeness (QED) is 0.868. The second-order valence-corrected chi connectivity index (χ2v) is 6.41. The molecule has 2 aromatic rings. The molecule has 0 saturated carbocycles. The van der Waals surface area contributed by atoms with Crippen molar-refractivity contribution >= 4 is 17.7 Å². The van der Waals surface area contributed by atoms with E-state index in [1.807, 2.05) is 23.5 Å². The number of benzene rings is 2.